The number of anilines is 1. The molecule has 2 rings (SSSR count). The van der Waals surface area contributed by atoms with E-state index in [-0.39, 0.29) is 12.6 Å². The number of methoxy groups -OCH3 is 1. The van der Waals surface area contributed by atoms with Gasteiger partial charge in [0.05, 0.1) is 31.7 Å². The molecule has 0 aliphatic carbocycles. The number of carbonyl (C=O) groups is 1. The normalized spacial score (nSPS) is 12.3. The number of benzene rings is 2. The number of ether oxygens (including phenoxy) is 2. The summed E-state index contributed by atoms with van der Waals surface area (Å²) in [5.74, 6) is 1.08. The number of para-hydroxylation sites is 2. The topological polar surface area (TPSA) is 84.9 Å². The summed E-state index contributed by atoms with van der Waals surface area (Å²) in [7, 11) is -2.11. The highest BCUT2D eigenvalue weighted by atomic mass is 32.2. The molecular weight excluding hydrogens is 416 g/mol. The summed E-state index contributed by atoms with van der Waals surface area (Å²) in [6.45, 7) is 6.01. The van der Waals surface area contributed by atoms with Crippen molar-refractivity contribution in [1.82, 2.24) is 5.32 Å². The predicted molar refractivity (Wildman–Crippen MR) is 123 cm³/mol. The van der Waals surface area contributed by atoms with Gasteiger partial charge in [0, 0.05) is 0 Å². The monoisotopic (exact) mass is 448 g/mol. The third kappa shape index (κ3) is 7.17. The highest BCUT2D eigenvalue weighted by molar-refractivity contribution is 7.92. The second-order valence-electron chi connectivity index (χ2n) is 7.69. The lowest BCUT2D eigenvalue weighted by Crippen LogP contribution is -2.42. The smallest absolute Gasteiger partial charge is 0.241 e. The molecule has 0 aromatic heterocycles. The van der Waals surface area contributed by atoms with Gasteiger partial charge in [0.15, 0.2) is 0 Å². The molecule has 2 aromatic carbocycles. The lowest BCUT2D eigenvalue weighted by molar-refractivity contribution is -0.120. The maximum atomic E-state index is 12.9. The van der Waals surface area contributed by atoms with Crippen molar-refractivity contribution >= 4 is 21.6 Å². The van der Waals surface area contributed by atoms with Gasteiger partial charge in [-0.1, -0.05) is 38.1 Å². The van der Waals surface area contributed by atoms with Gasteiger partial charge in [0.1, 0.15) is 18.0 Å². The predicted octanol–water partition coefficient (Wildman–Crippen LogP) is 3.76. The molecule has 7 nitrogen and oxygen atoms in total. The van der Waals surface area contributed by atoms with Gasteiger partial charge < -0.3 is 14.8 Å². The SMILES string of the molecule is CCOc1ccccc1N(CC(=O)NC(CC(C)C)c1ccc(OC)cc1)S(C)(=O)=O. The van der Waals surface area contributed by atoms with E-state index in [1.165, 1.54) is 0 Å². The van der Waals surface area contributed by atoms with E-state index in [2.05, 4.69) is 19.2 Å². The summed E-state index contributed by atoms with van der Waals surface area (Å²) in [5.41, 5.74) is 1.27. The zero-order valence-corrected chi connectivity index (χ0v) is 19.6. The van der Waals surface area contributed by atoms with E-state index in [4.69, 9.17) is 9.47 Å². The molecule has 0 radical (unpaired) electrons. The van der Waals surface area contributed by atoms with Crippen molar-refractivity contribution in [1.29, 1.82) is 0 Å². The molecular formula is C23H32N2O5S. The van der Waals surface area contributed by atoms with Crippen molar-refractivity contribution in [3.05, 3.63) is 54.1 Å². The first kappa shape index (κ1) is 24.5. The number of sulfonamides is 1. The van der Waals surface area contributed by atoms with Gasteiger partial charge in [-0.15, -0.1) is 0 Å². The van der Waals surface area contributed by atoms with Crippen LogP contribution in [0.25, 0.3) is 0 Å². The van der Waals surface area contributed by atoms with Gasteiger partial charge in [-0.05, 0) is 49.1 Å². The molecule has 1 amide bonds. The van der Waals surface area contributed by atoms with Crippen LogP contribution in [0.1, 0.15) is 38.8 Å². The molecule has 0 bridgehead atoms. The molecule has 2 aromatic rings. The van der Waals surface area contributed by atoms with Crippen LogP contribution in [0.3, 0.4) is 0 Å². The number of rotatable bonds is 11. The molecule has 1 unspecified atom stereocenters. The zero-order valence-electron chi connectivity index (χ0n) is 18.8. The molecule has 0 aliphatic heterocycles. The van der Waals surface area contributed by atoms with E-state index in [0.717, 1.165) is 21.9 Å². The van der Waals surface area contributed by atoms with Gasteiger partial charge in [0.2, 0.25) is 15.9 Å². The van der Waals surface area contributed by atoms with Crippen molar-refractivity contribution < 1.29 is 22.7 Å². The maximum Gasteiger partial charge on any atom is 0.241 e. The van der Waals surface area contributed by atoms with Crippen LogP contribution in [0.15, 0.2) is 48.5 Å². The largest absolute Gasteiger partial charge is 0.497 e. The fourth-order valence-electron chi connectivity index (χ4n) is 3.28. The third-order valence-electron chi connectivity index (χ3n) is 4.68. The Morgan fingerprint density at radius 3 is 2.29 bits per heavy atom. The summed E-state index contributed by atoms with van der Waals surface area (Å²) in [6.07, 6.45) is 1.80. The van der Waals surface area contributed by atoms with E-state index < -0.39 is 15.9 Å². The Labute approximate surface area is 185 Å². The maximum absolute atomic E-state index is 12.9. The average Bonchev–Trinajstić information content (AvgIpc) is 2.71. The molecule has 0 saturated heterocycles. The number of hydrogen-bond acceptors (Lipinski definition) is 5. The van der Waals surface area contributed by atoms with Crippen LogP contribution < -0.4 is 19.1 Å². The fourth-order valence-corrected chi connectivity index (χ4v) is 4.14. The summed E-state index contributed by atoms with van der Waals surface area (Å²) in [6, 6.07) is 14.1. The number of nitrogens with zero attached hydrogens (tertiary/aromatic N) is 1. The molecule has 0 heterocycles. The van der Waals surface area contributed by atoms with Crippen LogP contribution in [-0.4, -0.2) is 40.8 Å². The number of carbonyl (C=O) groups excluding carboxylic acids is 1. The summed E-state index contributed by atoms with van der Waals surface area (Å²) in [5, 5.41) is 3.00. The van der Waals surface area contributed by atoms with Gasteiger partial charge in [0.25, 0.3) is 0 Å². The third-order valence-corrected chi connectivity index (χ3v) is 5.81. The van der Waals surface area contributed by atoms with Crippen LogP contribution in [0.5, 0.6) is 11.5 Å². The van der Waals surface area contributed by atoms with E-state index in [1.807, 2.05) is 31.2 Å². The molecule has 8 heteroatoms. The van der Waals surface area contributed by atoms with Gasteiger partial charge in [-0.2, -0.15) is 0 Å². The molecule has 0 spiro atoms. The quantitative estimate of drug-likeness (QED) is 0.566. The summed E-state index contributed by atoms with van der Waals surface area (Å²) < 4.78 is 36.9. The Balaban J connectivity index is 2.27. The summed E-state index contributed by atoms with van der Waals surface area (Å²) in [4.78, 5) is 12.9. The molecule has 31 heavy (non-hydrogen) atoms. The van der Waals surface area contributed by atoms with Crippen LogP contribution in [0.2, 0.25) is 0 Å². The van der Waals surface area contributed by atoms with Crippen molar-refractivity contribution in [2.45, 2.75) is 33.2 Å². The van der Waals surface area contributed by atoms with E-state index in [9.17, 15) is 13.2 Å². The number of nitrogens with one attached hydrogen (secondary N) is 1. The fraction of sp³-hybridized carbons (Fsp3) is 0.435. The van der Waals surface area contributed by atoms with Crippen molar-refractivity contribution in [2.24, 2.45) is 5.92 Å². The molecule has 0 aliphatic rings. The van der Waals surface area contributed by atoms with Crippen molar-refractivity contribution in [3.8, 4) is 11.5 Å². The molecule has 1 N–H and O–H groups in total. The van der Waals surface area contributed by atoms with E-state index in [0.29, 0.717) is 30.4 Å². The van der Waals surface area contributed by atoms with Crippen LogP contribution in [0, 0.1) is 5.92 Å². The van der Waals surface area contributed by atoms with Crippen LogP contribution >= 0.6 is 0 Å². The van der Waals surface area contributed by atoms with Crippen LogP contribution in [0.4, 0.5) is 5.69 Å². The Morgan fingerprint density at radius 2 is 1.74 bits per heavy atom. The highest BCUT2D eigenvalue weighted by Crippen LogP contribution is 2.30. The second-order valence-corrected chi connectivity index (χ2v) is 9.60. The molecule has 1 atom stereocenters. The minimum atomic E-state index is -3.71. The first-order valence-electron chi connectivity index (χ1n) is 10.3. The van der Waals surface area contributed by atoms with Gasteiger partial charge in [-0.3, -0.25) is 9.10 Å². The van der Waals surface area contributed by atoms with E-state index in [1.54, 1.807) is 31.4 Å². The molecule has 170 valence electrons. The highest BCUT2D eigenvalue weighted by Gasteiger charge is 2.25. The van der Waals surface area contributed by atoms with Crippen molar-refractivity contribution in [2.75, 3.05) is 30.8 Å². The molecule has 0 saturated carbocycles. The number of amides is 1. The lowest BCUT2D eigenvalue weighted by atomic mass is 9.97. The second kappa shape index (κ2) is 11.0. The standard InChI is InChI=1S/C23H32N2O5S/c1-6-30-22-10-8-7-9-21(22)25(31(5,27)28)16-23(26)24-20(15-17(2)3)18-11-13-19(29-4)14-12-18/h7-14,17,20H,6,15-16H2,1-5H3,(H,24,26). The number of hydrogen-bond donors (Lipinski definition) is 1. The van der Waals surface area contributed by atoms with Crippen LogP contribution in [-0.2, 0) is 14.8 Å². The molecule has 0 fully saturated rings. The minimum absolute atomic E-state index is 0.248. The Hall–Kier alpha value is -2.74. The summed E-state index contributed by atoms with van der Waals surface area (Å²) >= 11 is 0. The first-order chi connectivity index (χ1) is 14.7. The van der Waals surface area contributed by atoms with E-state index >= 15 is 0 Å². The van der Waals surface area contributed by atoms with Gasteiger partial charge in [-0.25, -0.2) is 8.42 Å². The minimum Gasteiger partial charge on any atom is -0.497 e. The first-order valence-corrected chi connectivity index (χ1v) is 12.1. The van der Waals surface area contributed by atoms with Gasteiger partial charge >= 0.3 is 0 Å². The lowest BCUT2D eigenvalue weighted by Gasteiger charge is -2.26. The zero-order chi connectivity index (χ0) is 23.0. The Bertz CT molecular complexity index is 958. The Kier molecular flexibility index (Phi) is 8.74. The Morgan fingerprint density at radius 1 is 1.10 bits per heavy atom. The average molecular weight is 449 g/mol. The van der Waals surface area contributed by atoms with Crippen molar-refractivity contribution in [3.63, 3.8) is 0 Å².